The average Bonchev–Trinajstić information content (AvgIpc) is 2.88. The second-order valence-corrected chi connectivity index (χ2v) is 10.6. The summed E-state index contributed by atoms with van der Waals surface area (Å²) in [5, 5.41) is 9.61. The largest absolute Gasteiger partial charge is 0.478 e. The average molecular weight is 503 g/mol. The number of rotatable bonds is 23. The molecule has 1 atom stereocenters. The topological polar surface area (TPSA) is 63.6 Å². The highest BCUT2D eigenvalue weighted by Crippen LogP contribution is 2.34. The molecule has 4 nitrogen and oxygen atoms in total. The second kappa shape index (κ2) is 20.2. The number of benzene rings is 1. The monoisotopic (exact) mass is 502 g/mol. The summed E-state index contributed by atoms with van der Waals surface area (Å²) in [6, 6.07) is 6.46. The number of ether oxygens (including phenoxy) is 1. The van der Waals surface area contributed by atoms with E-state index in [1.54, 1.807) is 18.2 Å². The van der Waals surface area contributed by atoms with Crippen molar-refractivity contribution in [3.63, 3.8) is 0 Å². The molecule has 0 aliphatic rings. The second-order valence-electron chi connectivity index (χ2n) is 10.6. The molecule has 0 spiro atoms. The molecule has 0 fully saturated rings. The molecule has 1 unspecified atom stereocenters. The molecule has 0 saturated carbocycles. The molecule has 0 amide bonds. The minimum atomic E-state index is -1.08. The van der Waals surface area contributed by atoms with Crippen LogP contribution in [0.5, 0.6) is 0 Å². The molecule has 0 radical (unpaired) electrons. The molecule has 0 saturated heterocycles. The third-order valence-corrected chi connectivity index (χ3v) is 7.39. The standard InChI is InChI=1S/C32H54O4/c1-4-7-10-13-15-17-22-27-32(25-20-12-9-6-3,26-21-16-14-11-8-5-2)36-31(35)29-24-19-18-23-28(29)30(33)34/h18-19,23-24H,4-17,20-22,25-27H2,1-3H3,(H,33,34). The van der Waals surface area contributed by atoms with Crippen LogP contribution in [0.4, 0.5) is 0 Å². The first-order chi connectivity index (χ1) is 17.5. The zero-order valence-corrected chi connectivity index (χ0v) is 23.6. The Hall–Kier alpha value is -1.84. The van der Waals surface area contributed by atoms with Gasteiger partial charge in [0.15, 0.2) is 0 Å². The van der Waals surface area contributed by atoms with E-state index in [4.69, 9.17) is 4.74 Å². The van der Waals surface area contributed by atoms with Crippen LogP contribution >= 0.6 is 0 Å². The summed E-state index contributed by atoms with van der Waals surface area (Å²) in [7, 11) is 0. The SMILES string of the molecule is CCCCCCCCCC(CCCCCC)(CCCCCCCC)OC(=O)c1ccccc1C(=O)O. The van der Waals surface area contributed by atoms with E-state index in [1.807, 2.05) is 0 Å². The zero-order valence-electron chi connectivity index (χ0n) is 23.6. The lowest BCUT2D eigenvalue weighted by Crippen LogP contribution is -2.36. The molecule has 1 N–H and O–H groups in total. The number of carboxylic acid groups (broad SMARTS) is 1. The summed E-state index contributed by atoms with van der Waals surface area (Å²) < 4.78 is 6.37. The van der Waals surface area contributed by atoms with Crippen molar-refractivity contribution in [3.8, 4) is 0 Å². The highest BCUT2D eigenvalue weighted by atomic mass is 16.6. The molecule has 0 aromatic heterocycles. The number of carbonyl (C=O) groups is 2. The van der Waals surface area contributed by atoms with Gasteiger partial charge in [0.25, 0.3) is 0 Å². The fourth-order valence-electron chi connectivity index (χ4n) is 5.13. The van der Waals surface area contributed by atoms with E-state index in [1.165, 1.54) is 83.1 Å². The van der Waals surface area contributed by atoms with Gasteiger partial charge in [-0.2, -0.15) is 0 Å². The predicted molar refractivity (Wildman–Crippen MR) is 151 cm³/mol. The van der Waals surface area contributed by atoms with E-state index >= 15 is 0 Å². The fourth-order valence-corrected chi connectivity index (χ4v) is 5.13. The van der Waals surface area contributed by atoms with Crippen molar-refractivity contribution in [2.75, 3.05) is 0 Å². The number of aromatic carboxylic acids is 1. The summed E-state index contributed by atoms with van der Waals surface area (Å²) in [6.45, 7) is 6.69. The smallest absolute Gasteiger partial charge is 0.339 e. The van der Waals surface area contributed by atoms with Crippen molar-refractivity contribution in [3.05, 3.63) is 35.4 Å². The lowest BCUT2D eigenvalue weighted by Gasteiger charge is -2.34. The Labute approximate surface area is 221 Å². The molecule has 1 rings (SSSR count). The third-order valence-electron chi connectivity index (χ3n) is 7.39. The Bertz CT molecular complexity index is 714. The van der Waals surface area contributed by atoms with Crippen LogP contribution in [0.2, 0.25) is 0 Å². The van der Waals surface area contributed by atoms with Gasteiger partial charge in [-0.25, -0.2) is 9.59 Å². The Morgan fingerprint density at radius 2 is 0.972 bits per heavy atom. The lowest BCUT2D eigenvalue weighted by molar-refractivity contribution is -0.0362. The number of hydrogen-bond acceptors (Lipinski definition) is 3. The maximum absolute atomic E-state index is 13.4. The summed E-state index contributed by atoms with van der Waals surface area (Å²) in [6.07, 6.45) is 23.0. The van der Waals surface area contributed by atoms with Crippen LogP contribution in [0.15, 0.2) is 24.3 Å². The molecule has 1 aromatic carbocycles. The highest BCUT2D eigenvalue weighted by Gasteiger charge is 2.34. The van der Waals surface area contributed by atoms with E-state index < -0.39 is 17.5 Å². The van der Waals surface area contributed by atoms with E-state index in [-0.39, 0.29) is 11.1 Å². The maximum Gasteiger partial charge on any atom is 0.339 e. The molecular weight excluding hydrogens is 448 g/mol. The molecule has 0 aliphatic carbocycles. The molecule has 36 heavy (non-hydrogen) atoms. The Kier molecular flexibility index (Phi) is 18.1. The van der Waals surface area contributed by atoms with Gasteiger partial charge in [0.05, 0.1) is 11.1 Å². The van der Waals surface area contributed by atoms with Crippen LogP contribution in [0.1, 0.15) is 170 Å². The summed E-state index contributed by atoms with van der Waals surface area (Å²) in [5.41, 5.74) is -0.298. The first-order valence-corrected chi connectivity index (χ1v) is 15.0. The zero-order chi connectivity index (χ0) is 26.5. The number of carboxylic acids is 1. The van der Waals surface area contributed by atoms with Crippen molar-refractivity contribution in [1.82, 2.24) is 0 Å². The van der Waals surface area contributed by atoms with Crippen LogP contribution < -0.4 is 0 Å². The number of esters is 1. The minimum absolute atomic E-state index is 0.0258. The molecule has 0 bridgehead atoms. The Morgan fingerprint density at radius 1 is 0.611 bits per heavy atom. The number of hydrogen-bond donors (Lipinski definition) is 1. The van der Waals surface area contributed by atoms with E-state index in [9.17, 15) is 14.7 Å². The summed E-state index contributed by atoms with van der Waals surface area (Å²) >= 11 is 0. The van der Waals surface area contributed by atoms with Crippen molar-refractivity contribution >= 4 is 11.9 Å². The Morgan fingerprint density at radius 3 is 1.39 bits per heavy atom. The fraction of sp³-hybridized carbons (Fsp3) is 0.750. The third kappa shape index (κ3) is 13.5. The van der Waals surface area contributed by atoms with Gasteiger partial charge in [0.1, 0.15) is 5.60 Å². The van der Waals surface area contributed by atoms with Gasteiger partial charge < -0.3 is 9.84 Å². The van der Waals surface area contributed by atoms with E-state index in [2.05, 4.69) is 20.8 Å². The van der Waals surface area contributed by atoms with Crippen LogP contribution in [0, 0.1) is 0 Å². The van der Waals surface area contributed by atoms with Crippen molar-refractivity contribution < 1.29 is 19.4 Å². The minimum Gasteiger partial charge on any atom is -0.478 e. The van der Waals surface area contributed by atoms with Crippen LogP contribution in [-0.4, -0.2) is 22.6 Å². The van der Waals surface area contributed by atoms with Gasteiger partial charge in [-0.3, -0.25) is 0 Å². The molecule has 0 heterocycles. The van der Waals surface area contributed by atoms with Gasteiger partial charge in [0, 0.05) is 0 Å². The van der Waals surface area contributed by atoms with E-state index in [0.29, 0.717) is 0 Å². The van der Waals surface area contributed by atoms with Gasteiger partial charge in [-0.1, -0.05) is 123 Å². The quantitative estimate of drug-likeness (QED) is 0.119. The van der Waals surface area contributed by atoms with Gasteiger partial charge in [-0.05, 0) is 50.7 Å². The van der Waals surface area contributed by atoms with Crippen molar-refractivity contribution in [1.29, 1.82) is 0 Å². The molecule has 4 heteroatoms. The summed E-state index contributed by atoms with van der Waals surface area (Å²) in [4.78, 5) is 25.1. The van der Waals surface area contributed by atoms with Crippen molar-refractivity contribution in [2.45, 2.75) is 155 Å². The van der Waals surface area contributed by atoms with Gasteiger partial charge in [0.2, 0.25) is 0 Å². The summed E-state index contributed by atoms with van der Waals surface area (Å²) in [5.74, 6) is -1.56. The number of carbonyl (C=O) groups excluding carboxylic acids is 1. The first kappa shape index (κ1) is 32.2. The Balaban J connectivity index is 2.97. The van der Waals surface area contributed by atoms with Gasteiger partial charge in [-0.15, -0.1) is 0 Å². The molecular formula is C32H54O4. The van der Waals surface area contributed by atoms with E-state index in [0.717, 1.165) is 51.4 Å². The maximum atomic E-state index is 13.4. The molecule has 1 aromatic rings. The van der Waals surface area contributed by atoms with Crippen LogP contribution in [-0.2, 0) is 4.74 Å². The van der Waals surface area contributed by atoms with Crippen LogP contribution in [0.3, 0.4) is 0 Å². The first-order valence-electron chi connectivity index (χ1n) is 15.0. The lowest BCUT2D eigenvalue weighted by atomic mass is 9.84. The normalized spacial score (nSPS) is 12.9. The molecule has 0 aliphatic heterocycles. The number of unbranched alkanes of at least 4 members (excludes halogenated alkanes) is 14. The van der Waals surface area contributed by atoms with Gasteiger partial charge >= 0.3 is 11.9 Å². The highest BCUT2D eigenvalue weighted by molar-refractivity contribution is 6.02. The van der Waals surface area contributed by atoms with Crippen molar-refractivity contribution in [2.24, 2.45) is 0 Å². The molecule has 206 valence electrons. The van der Waals surface area contributed by atoms with Crippen LogP contribution in [0.25, 0.3) is 0 Å². The predicted octanol–water partition coefficient (Wildman–Crippen LogP) is 10.1.